The van der Waals surface area contributed by atoms with Crippen LogP contribution in [0.1, 0.15) is 25.3 Å². The van der Waals surface area contributed by atoms with Crippen LogP contribution in [0.15, 0.2) is 42.5 Å². The monoisotopic (exact) mass is 468 g/mol. The fourth-order valence-corrected chi connectivity index (χ4v) is 4.13. The van der Waals surface area contributed by atoms with Crippen molar-refractivity contribution in [2.75, 3.05) is 48.8 Å². The first-order chi connectivity index (χ1) is 16.3. The van der Waals surface area contributed by atoms with Gasteiger partial charge in [-0.1, -0.05) is 18.2 Å². The van der Waals surface area contributed by atoms with Gasteiger partial charge in [-0.25, -0.2) is 4.79 Å². The number of aliphatic carboxylic acids is 1. The van der Waals surface area contributed by atoms with E-state index in [0.29, 0.717) is 42.4 Å². The number of rotatable bonds is 8. The highest BCUT2D eigenvalue weighted by atomic mass is 16.5. The molecule has 1 fully saturated rings. The third-order valence-corrected chi connectivity index (χ3v) is 6.03. The molecule has 1 heterocycles. The summed E-state index contributed by atoms with van der Waals surface area (Å²) in [5.74, 6) is -0.192. The number of nitrogens with one attached hydrogen (secondary N) is 2. The summed E-state index contributed by atoms with van der Waals surface area (Å²) < 4.78 is 5.49. The molecular formula is C25H32N4O5. The predicted octanol–water partition coefficient (Wildman–Crippen LogP) is 3.80. The number of likely N-dealkylation sites (tertiary alicyclic amines) is 1. The normalized spacial score (nSPS) is 14.3. The molecule has 0 atom stereocenters. The molecule has 34 heavy (non-hydrogen) atoms. The number of aryl methyl sites for hydroxylation is 1. The molecule has 2 aromatic carbocycles. The average Bonchev–Trinajstić information content (AvgIpc) is 2.80. The lowest BCUT2D eigenvalue weighted by Gasteiger charge is -2.34. The molecule has 0 saturated carbocycles. The quantitative estimate of drug-likeness (QED) is 0.544. The molecule has 1 aliphatic heterocycles. The number of amides is 3. The van der Waals surface area contributed by atoms with Gasteiger partial charge < -0.3 is 25.4 Å². The summed E-state index contributed by atoms with van der Waals surface area (Å²) in [6, 6.07) is 12.3. The van der Waals surface area contributed by atoms with Gasteiger partial charge in [0.1, 0.15) is 5.75 Å². The largest absolute Gasteiger partial charge is 0.494 e. The van der Waals surface area contributed by atoms with Crippen LogP contribution in [0, 0.1) is 12.8 Å². The lowest BCUT2D eigenvalue weighted by Crippen LogP contribution is -2.42. The van der Waals surface area contributed by atoms with Crippen LogP contribution >= 0.6 is 0 Å². The zero-order valence-electron chi connectivity index (χ0n) is 19.8. The van der Waals surface area contributed by atoms with Gasteiger partial charge in [-0.15, -0.1) is 0 Å². The molecule has 3 amide bonds. The maximum Gasteiger partial charge on any atom is 0.323 e. The second-order valence-corrected chi connectivity index (χ2v) is 8.52. The van der Waals surface area contributed by atoms with Crippen molar-refractivity contribution in [2.24, 2.45) is 5.92 Å². The number of urea groups is 1. The van der Waals surface area contributed by atoms with Crippen LogP contribution in [-0.4, -0.2) is 61.2 Å². The second-order valence-electron chi connectivity index (χ2n) is 8.52. The number of carbonyl (C=O) groups excluding carboxylic acids is 2. The first-order valence-electron chi connectivity index (χ1n) is 11.3. The van der Waals surface area contributed by atoms with E-state index in [4.69, 9.17) is 9.84 Å². The Kier molecular flexibility index (Phi) is 8.48. The molecule has 1 aliphatic rings. The fourth-order valence-electron chi connectivity index (χ4n) is 4.13. The van der Waals surface area contributed by atoms with Crippen LogP contribution in [0.4, 0.5) is 21.9 Å². The maximum absolute atomic E-state index is 12.5. The highest BCUT2D eigenvalue weighted by molar-refractivity contribution is 6.01. The molecule has 0 aliphatic carbocycles. The molecule has 0 unspecified atom stereocenters. The summed E-state index contributed by atoms with van der Waals surface area (Å²) in [6.45, 7) is 5.42. The summed E-state index contributed by atoms with van der Waals surface area (Å²) in [4.78, 5) is 39.5. The van der Waals surface area contributed by atoms with Crippen molar-refractivity contribution < 1.29 is 24.2 Å². The van der Waals surface area contributed by atoms with Gasteiger partial charge in [-0.05, 0) is 62.5 Å². The summed E-state index contributed by atoms with van der Waals surface area (Å²) >= 11 is 0. The Morgan fingerprint density at radius 1 is 1.09 bits per heavy atom. The summed E-state index contributed by atoms with van der Waals surface area (Å²) in [5.41, 5.74) is 2.84. The van der Waals surface area contributed by atoms with Gasteiger partial charge in [-0.2, -0.15) is 0 Å². The van der Waals surface area contributed by atoms with Crippen LogP contribution in [0.2, 0.25) is 0 Å². The van der Waals surface area contributed by atoms with Gasteiger partial charge in [0.15, 0.2) is 0 Å². The number of nitrogens with zero attached hydrogens (tertiary/aromatic N) is 2. The van der Waals surface area contributed by atoms with Crippen LogP contribution in [0.25, 0.3) is 0 Å². The minimum atomic E-state index is -0.822. The molecule has 0 bridgehead atoms. The number of piperidine rings is 1. The molecule has 3 N–H and O–H groups in total. The molecule has 9 heteroatoms. The first-order valence-corrected chi connectivity index (χ1v) is 11.3. The van der Waals surface area contributed by atoms with Crippen molar-refractivity contribution in [1.29, 1.82) is 0 Å². The number of carboxylic acid groups (broad SMARTS) is 1. The molecule has 0 aromatic heterocycles. The third-order valence-electron chi connectivity index (χ3n) is 6.03. The molecule has 182 valence electrons. The van der Waals surface area contributed by atoms with E-state index in [1.54, 1.807) is 23.1 Å². The van der Waals surface area contributed by atoms with Crippen LogP contribution in [0.3, 0.4) is 0 Å². The van der Waals surface area contributed by atoms with Gasteiger partial charge in [0.05, 0.1) is 19.3 Å². The maximum atomic E-state index is 12.5. The van der Waals surface area contributed by atoms with E-state index < -0.39 is 12.0 Å². The van der Waals surface area contributed by atoms with Crippen molar-refractivity contribution in [3.8, 4) is 5.75 Å². The van der Waals surface area contributed by atoms with E-state index in [1.165, 1.54) is 14.0 Å². The molecular weight excluding hydrogens is 436 g/mol. The van der Waals surface area contributed by atoms with Gasteiger partial charge in [0.2, 0.25) is 5.91 Å². The Morgan fingerprint density at radius 3 is 2.38 bits per heavy atom. The zero-order chi connectivity index (χ0) is 24.7. The van der Waals surface area contributed by atoms with Crippen molar-refractivity contribution >= 4 is 35.0 Å². The van der Waals surface area contributed by atoms with E-state index in [9.17, 15) is 14.4 Å². The highest BCUT2D eigenvalue weighted by Gasteiger charge is 2.25. The number of anilines is 3. The van der Waals surface area contributed by atoms with Crippen molar-refractivity contribution in [2.45, 2.75) is 26.7 Å². The van der Waals surface area contributed by atoms with Crippen LogP contribution in [0.5, 0.6) is 5.75 Å². The number of ether oxygens (including phenoxy) is 1. The molecule has 2 aromatic rings. The van der Waals surface area contributed by atoms with Crippen molar-refractivity contribution in [3.05, 3.63) is 48.0 Å². The van der Waals surface area contributed by atoms with Crippen LogP contribution < -0.4 is 20.3 Å². The van der Waals surface area contributed by atoms with Crippen LogP contribution in [-0.2, 0) is 9.59 Å². The highest BCUT2D eigenvalue weighted by Crippen LogP contribution is 2.31. The number of para-hydroxylation sites is 1. The van der Waals surface area contributed by atoms with E-state index in [0.717, 1.165) is 18.4 Å². The number of hydrogen-bond donors (Lipinski definition) is 3. The Hall–Kier alpha value is -3.59. The topological polar surface area (TPSA) is 111 Å². The summed E-state index contributed by atoms with van der Waals surface area (Å²) in [5, 5.41) is 14.6. The van der Waals surface area contributed by atoms with Gasteiger partial charge in [-0.3, -0.25) is 14.5 Å². The second kappa shape index (κ2) is 11.5. The van der Waals surface area contributed by atoms with E-state index in [-0.39, 0.29) is 18.4 Å². The lowest BCUT2D eigenvalue weighted by atomic mass is 9.96. The number of carbonyl (C=O) groups is 3. The summed E-state index contributed by atoms with van der Waals surface area (Å²) in [6.07, 6.45) is 1.65. The summed E-state index contributed by atoms with van der Waals surface area (Å²) in [7, 11) is 1.51. The Morgan fingerprint density at radius 2 is 1.76 bits per heavy atom. The SMILES string of the molecule is COc1cc(N(CC2CCN(CC(=O)O)CC2)C(C)=O)ccc1NC(=O)Nc1ccccc1C. The third kappa shape index (κ3) is 6.71. The molecule has 3 rings (SSSR count). The number of benzene rings is 2. The van der Waals surface area contributed by atoms with Crippen molar-refractivity contribution in [3.63, 3.8) is 0 Å². The van der Waals surface area contributed by atoms with Crippen molar-refractivity contribution in [1.82, 2.24) is 4.90 Å². The molecule has 9 nitrogen and oxygen atoms in total. The molecule has 1 saturated heterocycles. The number of hydrogen-bond acceptors (Lipinski definition) is 5. The number of carboxylic acids is 1. The minimum Gasteiger partial charge on any atom is -0.494 e. The smallest absolute Gasteiger partial charge is 0.323 e. The van der Waals surface area contributed by atoms with E-state index >= 15 is 0 Å². The fraction of sp³-hybridized carbons (Fsp3) is 0.400. The number of methoxy groups -OCH3 is 1. The van der Waals surface area contributed by atoms with E-state index in [2.05, 4.69) is 10.6 Å². The average molecular weight is 469 g/mol. The van der Waals surface area contributed by atoms with Gasteiger partial charge in [0, 0.05) is 30.9 Å². The predicted molar refractivity (Wildman–Crippen MR) is 132 cm³/mol. The van der Waals surface area contributed by atoms with Gasteiger partial charge >= 0.3 is 12.0 Å². The lowest BCUT2D eigenvalue weighted by molar-refractivity contribution is -0.138. The standard InChI is InChI=1S/C25H32N4O5/c1-17-6-4-5-7-21(17)26-25(33)27-22-9-8-20(14-23(22)34-3)29(18(2)30)15-19-10-12-28(13-11-19)16-24(31)32/h4-9,14,19H,10-13,15-16H2,1-3H3,(H,31,32)(H2,26,27,33). The molecule has 0 radical (unpaired) electrons. The Bertz CT molecular complexity index is 1030. The first kappa shape index (κ1) is 25.0. The Labute approximate surface area is 199 Å². The van der Waals surface area contributed by atoms with Gasteiger partial charge in [0.25, 0.3) is 0 Å². The zero-order valence-corrected chi connectivity index (χ0v) is 19.8. The Balaban J connectivity index is 1.67. The minimum absolute atomic E-state index is 0.0478. The van der Waals surface area contributed by atoms with E-state index in [1.807, 2.05) is 36.1 Å². The molecule has 0 spiro atoms.